The third-order valence-electron chi connectivity index (χ3n) is 2.38. The molecule has 0 radical (unpaired) electrons. The van der Waals surface area contributed by atoms with E-state index in [4.69, 9.17) is 4.74 Å². The molecule has 0 aliphatic heterocycles. The van der Waals surface area contributed by atoms with Crippen LogP contribution in [0.3, 0.4) is 0 Å². The van der Waals surface area contributed by atoms with E-state index in [1.165, 1.54) is 12.1 Å². The van der Waals surface area contributed by atoms with Gasteiger partial charge in [0, 0.05) is 17.8 Å². The van der Waals surface area contributed by atoms with Gasteiger partial charge in [0.2, 0.25) is 0 Å². The van der Waals surface area contributed by atoms with Gasteiger partial charge in [0.05, 0.1) is 6.61 Å². The second-order valence-electron chi connectivity index (χ2n) is 3.79. The fourth-order valence-corrected chi connectivity index (χ4v) is 1.52. The fourth-order valence-electron chi connectivity index (χ4n) is 1.52. The third kappa shape index (κ3) is 2.98. The van der Waals surface area contributed by atoms with E-state index in [9.17, 15) is 17.6 Å². The van der Waals surface area contributed by atoms with E-state index in [-0.39, 0.29) is 11.4 Å². The Morgan fingerprint density at radius 3 is 2.45 bits per heavy atom. The first-order valence-electron chi connectivity index (χ1n) is 5.72. The number of pyridine rings is 1. The van der Waals surface area contributed by atoms with Crippen LogP contribution in [-0.2, 0) is 0 Å². The average Bonchev–Trinajstić information content (AvgIpc) is 2.39. The summed E-state index contributed by atoms with van der Waals surface area (Å²) in [4.78, 5) is 3.07. The van der Waals surface area contributed by atoms with Crippen LogP contribution >= 0.6 is 0 Å². The van der Waals surface area contributed by atoms with Crippen molar-refractivity contribution in [1.82, 2.24) is 4.98 Å². The van der Waals surface area contributed by atoms with Crippen LogP contribution in [0.4, 0.5) is 29.1 Å². The van der Waals surface area contributed by atoms with Crippen LogP contribution in [-0.4, -0.2) is 11.6 Å². The molecule has 0 aliphatic carbocycles. The average molecular weight is 286 g/mol. The molecule has 0 spiro atoms. The number of benzene rings is 1. The minimum Gasteiger partial charge on any atom is -0.491 e. The number of anilines is 2. The lowest BCUT2D eigenvalue weighted by molar-refractivity contribution is 0.321. The molecule has 2 rings (SSSR count). The molecule has 1 heterocycles. The van der Waals surface area contributed by atoms with Crippen LogP contribution < -0.4 is 10.1 Å². The van der Waals surface area contributed by atoms with E-state index in [2.05, 4.69) is 10.3 Å². The van der Waals surface area contributed by atoms with E-state index in [0.29, 0.717) is 12.7 Å². The molecule has 106 valence electrons. The van der Waals surface area contributed by atoms with Crippen molar-refractivity contribution in [2.45, 2.75) is 6.92 Å². The predicted molar refractivity (Wildman–Crippen MR) is 65.0 cm³/mol. The molecule has 0 amide bonds. The Labute approximate surface area is 112 Å². The van der Waals surface area contributed by atoms with Crippen molar-refractivity contribution in [1.29, 1.82) is 0 Å². The molecule has 7 heteroatoms. The van der Waals surface area contributed by atoms with Crippen LogP contribution in [0, 0.1) is 23.4 Å². The molecular formula is C13H10F4N2O. The number of ether oxygens (including phenoxy) is 1. The maximum absolute atomic E-state index is 13.6. The van der Waals surface area contributed by atoms with E-state index >= 15 is 0 Å². The number of hydrogen-bond donors (Lipinski definition) is 1. The summed E-state index contributed by atoms with van der Waals surface area (Å²) in [5.74, 6) is -5.09. The van der Waals surface area contributed by atoms with Crippen molar-refractivity contribution in [3.63, 3.8) is 0 Å². The van der Waals surface area contributed by atoms with E-state index in [0.717, 1.165) is 6.07 Å². The highest BCUT2D eigenvalue weighted by molar-refractivity contribution is 5.57. The van der Waals surface area contributed by atoms with Gasteiger partial charge in [0.1, 0.15) is 0 Å². The first-order valence-corrected chi connectivity index (χ1v) is 5.72. The molecular weight excluding hydrogens is 276 g/mol. The van der Waals surface area contributed by atoms with Gasteiger partial charge in [-0.1, -0.05) is 0 Å². The van der Waals surface area contributed by atoms with Gasteiger partial charge >= 0.3 is 0 Å². The summed E-state index contributed by atoms with van der Waals surface area (Å²) in [5.41, 5.74) is 0.128. The van der Waals surface area contributed by atoms with Gasteiger partial charge in [0.15, 0.2) is 29.0 Å². The van der Waals surface area contributed by atoms with E-state index in [1.807, 2.05) is 0 Å². The standard InChI is InChI=1S/C13H10F4N2O/c1-2-20-11-4-3-7(5-8(11)14)18-13-10(16)6-9(15)12(17)19-13/h3-6H,2H2,1H3,(H,18,19). The second kappa shape index (κ2) is 5.77. The van der Waals surface area contributed by atoms with Gasteiger partial charge in [-0.15, -0.1) is 0 Å². The topological polar surface area (TPSA) is 34.1 Å². The Bertz CT molecular complexity index is 634. The molecule has 0 saturated carbocycles. The lowest BCUT2D eigenvalue weighted by atomic mass is 10.3. The van der Waals surface area contributed by atoms with Crippen LogP contribution in [0.2, 0.25) is 0 Å². The molecule has 0 saturated heterocycles. The number of halogens is 4. The summed E-state index contributed by atoms with van der Waals surface area (Å²) in [6, 6.07) is 4.12. The van der Waals surface area contributed by atoms with Crippen molar-refractivity contribution >= 4 is 11.5 Å². The third-order valence-corrected chi connectivity index (χ3v) is 2.38. The molecule has 0 atom stereocenters. The summed E-state index contributed by atoms with van der Waals surface area (Å²) < 4.78 is 57.6. The Kier molecular flexibility index (Phi) is 4.07. The van der Waals surface area contributed by atoms with Gasteiger partial charge in [0.25, 0.3) is 5.95 Å². The summed E-state index contributed by atoms with van der Waals surface area (Å²) in [5, 5.41) is 2.36. The highest BCUT2D eigenvalue weighted by atomic mass is 19.2. The first kappa shape index (κ1) is 14.1. The van der Waals surface area contributed by atoms with Crippen LogP contribution in [0.25, 0.3) is 0 Å². The molecule has 20 heavy (non-hydrogen) atoms. The van der Waals surface area contributed by atoms with Crippen molar-refractivity contribution in [2.75, 3.05) is 11.9 Å². The quantitative estimate of drug-likeness (QED) is 0.686. The largest absolute Gasteiger partial charge is 0.491 e. The Morgan fingerprint density at radius 2 is 1.80 bits per heavy atom. The number of aromatic nitrogens is 1. The van der Waals surface area contributed by atoms with E-state index < -0.39 is 29.2 Å². The summed E-state index contributed by atoms with van der Waals surface area (Å²) >= 11 is 0. The van der Waals surface area contributed by atoms with Crippen LogP contribution in [0.5, 0.6) is 5.75 Å². The molecule has 3 nitrogen and oxygen atoms in total. The zero-order valence-electron chi connectivity index (χ0n) is 10.4. The zero-order valence-corrected chi connectivity index (χ0v) is 10.4. The second-order valence-corrected chi connectivity index (χ2v) is 3.79. The SMILES string of the molecule is CCOc1ccc(Nc2nc(F)c(F)cc2F)cc1F. The molecule has 0 fully saturated rings. The lowest BCUT2D eigenvalue weighted by Gasteiger charge is -2.09. The van der Waals surface area contributed by atoms with Crippen LogP contribution in [0.15, 0.2) is 24.3 Å². The Balaban J connectivity index is 2.26. The number of nitrogens with one attached hydrogen (secondary N) is 1. The predicted octanol–water partition coefficient (Wildman–Crippen LogP) is 3.78. The number of nitrogens with zero attached hydrogens (tertiary/aromatic N) is 1. The fraction of sp³-hybridized carbons (Fsp3) is 0.154. The molecule has 0 unspecified atom stereocenters. The summed E-state index contributed by atoms with van der Waals surface area (Å²) in [7, 11) is 0. The monoisotopic (exact) mass is 286 g/mol. The molecule has 0 aliphatic rings. The first-order chi connectivity index (χ1) is 9.51. The van der Waals surface area contributed by atoms with Gasteiger partial charge < -0.3 is 10.1 Å². The maximum atomic E-state index is 13.6. The van der Waals surface area contributed by atoms with Crippen molar-refractivity contribution in [3.05, 3.63) is 47.7 Å². The van der Waals surface area contributed by atoms with Crippen molar-refractivity contribution < 1.29 is 22.3 Å². The highest BCUT2D eigenvalue weighted by Crippen LogP contribution is 2.24. The molecule has 2 aromatic rings. The summed E-state index contributed by atoms with van der Waals surface area (Å²) in [6.45, 7) is 2.00. The molecule has 0 bridgehead atoms. The van der Waals surface area contributed by atoms with Gasteiger partial charge in [-0.3, -0.25) is 0 Å². The van der Waals surface area contributed by atoms with E-state index in [1.54, 1.807) is 6.92 Å². The minimum absolute atomic E-state index is 0.0387. The Morgan fingerprint density at radius 1 is 1.05 bits per heavy atom. The molecule has 1 aromatic heterocycles. The van der Waals surface area contributed by atoms with Crippen LogP contribution in [0.1, 0.15) is 6.92 Å². The number of rotatable bonds is 4. The lowest BCUT2D eigenvalue weighted by Crippen LogP contribution is -2.02. The maximum Gasteiger partial charge on any atom is 0.251 e. The number of hydrogen-bond acceptors (Lipinski definition) is 3. The smallest absolute Gasteiger partial charge is 0.251 e. The van der Waals surface area contributed by atoms with Gasteiger partial charge in [-0.2, -0.15) is 9.37 Å². The van der Waals surface area contributed by atoms with Gasteiger partial charge in [-0.05, 0) is 19.1 Å². The van der Waals surface area contributed by atoms with Crippen molar-refractivity contribution in [3.8, 4) is 5.75 Å². The molecule has 1 aromatic carbocycles. The molecule has 1 N–H and O–H groups in total. The Hall–Kier alpha value is -2.31. The summed E-state index contributed by atoms with van der Waals surface area (Å²) in [6.07, 6.45) is 0. The van der Waals surface area contributed by atoms with Gasteiger partial charge in [-0.25, -0.2) is 13.2 Å². The minimum atomic E-state index is -1.44. The van der Waals surface area contributed by atoms with Crippen molar-refractivity contribution in [2.24, 2.45) is 0 Å². The normalized spacial score (nSPS) is 10.4. The highest BCUT2D eigenvalue weighted by Gasteiger charge is 2.12. The zero-order chi connectivity index (χ0) is 14.7.